The van der Waals surface area contributed by atoms with Gasteiger partial charge in [-0.2, -0.15) is 0 Å². The Labute approximate surface area is 193 Å². The topological polar surface area (TPSA) is 73.2 Å². The van der Waals surface area contributed by atoms with Crippen LogP contribution in [0, 0.1) is 27.7 Å². The maximum absolute atomic E-state index is 10.7. The molecule has 0 heterocycles. The van der Waals surface area contributed by atoms with E-state index in [9.17, 15) is 15.3 Å². The third-order valence-electron chi connectivity index (χ3n) is 5.54. The number of aromatic hydroxyl groups is 3. The Kier molecular flexibility index (Phi) is 5.88. The molecule has 4 rings (SSSR count). The van der Waals surface area contributed by atoms with E-state index in [4.69, 9.17) is 4.74 Å². The highest BCUT2D eigenvalue weighted by molar-refractivity contribution is 5.83. The van der Waals surface area contributed by atoms with Gasteiger partial charge in [0.05, 0.1) is 17.1 Å². The fourth-order valence-electron chi connectivity index (χ4n) is 3.73. The molecule has 168 valence electrons. The highest BCUT2D eigenvalue weighted by Gasteiger charge is 2.20. The predicted molar refractivity (Wildman–Crippen MR) is 132 cm³/mol. The van der Waals surface area contributed by atoms with E-state index in [1.165, 1.54) is 0 Å². The van der Waals surface area contributed by atoms with Gasteiger partial charge in [0, 0.05) is 6.07 Å². The van der Waals surface area contributed by atoms with Gasteiger partial charge in [-0.3, -0.25) is 0 Å². The Morgan fingerprint density at radius 2 is 1.21 bits per heavy atom. The average Bonchev–Trinajstić information content (AvgIpc) is 2.77. The van der Waals surface area contributed by atoms with Crippen LogP contribution >= 0.6 is 0 Å². The maximum Gasteiger partial charge on any atom is 0.139 e. The number of nitrogens with zero attached hydrogens (tertiary/aromatic N) is 1. The van der Waals surface area contributed by atoms with Crippen LogP contribution in [-0.4, -0.2) is 15.3 Å². The minimum Gasteiger partial charge on any atom is -0.508 e. The van der Waals surface area contributed by atoms with E-state index in [0.29, 0.717) is 28.6 Å². The molecule has 0 radical (unpaired) electrons. The van der Waals surface area contributed by atoms with Crippen molar-refractivity contribution >= 4 is 17.1 Å². The van der Waals surface area contributed by atoms with Gasteiger partial charge in [0.15, 0.2) is 0 Å². The molecule has 0 saturated carbocycles. The lowest BCUT2D eigenvalue weighted by molar-refractivity contribution is 0.458. The second kappa shape index (κ2) is 8.79. The van der Waals surface area contributed by atoms with E-state index >= 15 is 0 Å². The first kappa shape index (κ1) is 22.1. The third-order valence-corrected chi connectivity index (χ3v) is 5.54. The Hall–Kier alpha value is -4.12. The van der Waals surface area contributed by atoms with Crippen molar-refractivity contribution in [3.8, 4) is 28.7 Å². The standard InChI is InChI=1S/C28H27NO4/c1-17-8-10-25(30)23(12-17)29(24-13-18(2)9-11-26(24)31)21-6-5-7-22(16-21)33-28-15-19(3)27(32)14-20(28)4/h5-16,30-32H,1-4H3. The SMILES string of the molecule is Cc1ccc(O)c(N(c2cccc(Oc3cc(C)c(O)cc3C)c2)c2cc(C)ccc2O)c1. The molecule has 0 aliphatic carbocycles. The van der Waals surface area contributed by atoms with Gasteiger partial charge in [-0.1, -0.05) is 18.2 Å². The zero-order chi connectivity index (χ0) is 23.7. The first-order chi connectivity index (χ1) is 15.7. The largest absolute Gasteiger partial charge is 0.508 e. The molecule has 5 heteroatoms. The van der Waals surface area contributed by atoms with Crippen molar-refractivity contribution in [2.24, 2.45) is 0 Å². The van der Waals surface area contributed by atoms with E-state index in [1.807, 2.05) is 81.1 Å². The van der Waals surface area contributed by atoms with Crippen molar-refractivity contribution in [1.82, 2.24) is 0 Å². The number of phenols is 3. The summed E-state index contributed by atoms with van der Waals surface area (Å²) in [6.07, 6.45) is 0. The molecular formula is C28H27NO4. The summed E-state index contributed by atoms with van der Waals surface area (Å²) in [6.45, 7) is 7.60. The van der Waals surface area contributed by atoms with Gasteiger partial charge in [0.25, 0.3) is 0 Å². The molecule has 0 amide bonds. The van der Waals surface area contributed by atoms with Gasteiger partial charge in [-0.15, -0.1) is 0 Å². The van der Waals surface area contributed by atoms with E-state index in [0.717, 1.165) is 22.3 Å². The number of aryl methyl sites for hydroxylation is 4. The van der Waals surface area contributed by atoms with Crippen molar-refractivity contribution in [3.63, 3.8) is 0 Å². The summed E-state index contributed by atoms with van der Waals surface area (Å²) in [6, 6.07) is 21.6. The number of rotatable bonds is 5. The number of phenolic OH excluding ortho intramolecular Hbond substituents is 3. The number of hydrogen-bond acceptors (Lipinski definition) is 5. The monoisotopic (exact) mass is 441 g/mol. The van der Waals surface area contributed by atoms with Crippen LogP contribution in [0.4, 0.5) is 17.1 Å². The van der Waals surface area contributed by atoms with Crippen LogP contribution in [0.3, 0.4) is 0 Å². The maximum atomic E-state index is 10.7. The Morgan fingerprint density at radius 1 is 0.606 bits per heavy atom. The van der Waals surface area contributed by atoms with Gasteiger partial charge in [-0.05, 0) is 98.5 Å². The lowest BCUT2D eigenvalue weighted by Crippen LogP contribution is -2.11. The molecule has 4 aromatic carbocycles. The van der Waals surface area contributed by atoms with Gasteiger partial charge in [-0.25, -0.2) is 0 Å². The quantitative estimate of drug-likeness (QED) is 0.303. The summed E-state index contributed by atoms with van der Waals surface area (Å²) < 4.78 is 6.15. The molecule has 0 atom stereocenters. The second-order valence-corrected chi connectivity index (χ2v) is 8.32. The molecular weight excluding hydrogens is 414 g/mol. The summed E-state index contributed by atoms with van der Waals surface area (Å²) >= 11 is 0. The molecule has 0 aromatic heterocycles. The molecule has 0 aliphatic rings. The van der Waals surface area contributed by atoms with Crippen LogP contribution in [0.1, 0.15) is 22.3 Å². The molecule has 0 unspecified atom stereocenters. The summed E-state index contributed by atoms with van der Waals surface area (Å²) in [7, 11) is 0. The van der Waals surface area contributed by atoms with Crippen LogP contribution in [0.5, 0.6) is 28.7 Å². The van der Waals surface area contributed by atoms with Crippen LogP contribution in [0.25, 0.3) is 0 Å². The van der Waals surface area contributed by atoms with E-state index in [1.54, 1.807) is 24.3 Å². The first-order valence-corrected chi connectivity index (χ1v) is 10.7. The van der Waals surface area contributed by atoms with Crippen molar-refractivity contribution < 1.29 is 20.1 Å². The fourth-order valence-corrected chi connectivity index (χ4v) is 3.73. The number of hydrogen-bond donors (Lipinski definition) is 3. The average molecular weight is 442 g/mol. The van der Waals surface area contributed by atoms with Gasteiger partial charge in [0.1, 0.15) is 28.7 Å². The van der Waals surface area contributed by atoms with Crippen molar-refractivity contribution in [3.05, 3.63) is 95.1 Å². The molecule has 0 bridgehead atoms. The zero-order valence-electron chi connectivity index (χ0n) is 19.1. The lowest BCUT2D eigenvalue weighted by Gasteiger charge is -2.27. The van der Waals surface area contributed by atoms with Gasteiger partial charge in [0.2, 0.25) is 0 Å². The van der Waals surface area contributed by atoms with E-state index in [-0.39, 0.29) is 17.2 Å². The Balaban J connectivity index is 1.84. The fraction of sp³-hybridized carbons (Fsp3) is 0.143. The molecule has 5 nitrogen and oxygen atoms in total. The van der Waals surface area contributed by atoms with E-state index < -0.39 is 0 Å². The van der Waals surface area contributed by atoms with Gasteiger partial charge >= 0.3 is 0 Å². The molecule has 0 saturated heterocycles. The number of benzene rings is 4. The summed E-state index contributed by atoms with van der Waals surface area (Å²) in [4.78, 5) is 1.81. The summed E-state index contributed by atoms with van der Waals surface area (Å²) in [5.41, 5.74) is 5.29. The van der Waals surface area contributed by atoms with E-state index in [2.05, 4.69) is 0 Å². The van der Waals surface area contributed by atoms with Crippen LogP contribution in [0.15, 0.2) is 72.8 Å². The molecule has 4 aromatic rings. The smallest absolute Gasteiger partial charge is 0.139 e. The molecule has 0 aliphatic heterocycles. The number of anilines is 3. The van der Waals surface area contributed by atoms with Crippen LogP contribution < -0.4 is 9.64 Å². The molecule has 0 spiro atoms. The van der Waals surface area contributed by atoms with Crippen LogP contribution in [0.2, 0.25) is 0 Å². The zero-order valence-corrected chi connectivity index (χ0v) is 19.1. The minimum atomic E-state index is 0.0952. The van der Waals surface area contributed by atoms with Crippen molar-refractivity contribution in [1.29, 1.82) is 0 Å². The van der Waals surface area contributed by atoms with Crippen molar-refractivity contribution in [2.45, 2.75) is 27.7 Å². The second-order valence-electron chi connectivity index (χ2n) is 8.32. The highest BCUT2D eigenvalue weighted by atomic mass is 16.5. The Bertz CT molecular complexity index is 1280. The third kappa shape index (κ3) is 4.58. The molecule has 33 heavy (non-hydrogen) atoms. The van der Waals surface area contributed by atoms with Crippen molar-refractivity contribution in [2.75, 3.05) is 4.90 Å². The Morgan fingerprint density at radius 3 is 1.82 bits per heavy atom. The van der Waals surface area contributed by atoms with Crippen LogP contribution in [-0.2, 0) is 0 Å². The lowest BCUT2D eigenvalue weighted by atomic mass is 10.1. The summed E-state index contributed by atoms with van der Waals surface area (Å²) in [5, 5.41) is 31.4. The van der Waals surface area contributed by atoms with Gasteiger partial charge < -0.3 is 25.0 Å². The first-order valence-electron chi connectivity index (χ1n) is 10.7. The highest BCUT2D eigenvalue weighted by Crippen LogP contribution is 2.45. The molecule has 3 N–H and O–H groups in total. The summed E-state index contributed by atoms with van der Waals surface area (Å²) in [5.74, 6) is 1.65. The molecule has 0 fully saturated rings. The minimum absolute atomic E-state index is 0.0952. The normalized spacial score (nSPS) is 10.8. The number of ether oxygens (including phenoxy) is 1. The predicted octanol–water partition coefficient (Wildman–Crippen LogP) is 7.30.